The Hall–Kier alpha value is -3.39. The number of oxazole rings is 1. The lowest BCUT2D eigenvalue weighted by molar-refractivity contribution is -0.136. The van der Waals surface area contributed by atoms with Gasteiger partial charge in [-0.2, -0.15) is 13.2 Å². The Balaban J connectivity index is 1.66. The molecule has 0 fully saturated rings. The van der Waals surface area contributed by atoms with E-state index in [0.29, 0.717) is 11.3 Å². The molecule has 4 rings (SSSR count). The van der Waals surface area contributed by atoms with E-state index in [1.54, 1.807) is 18.2 Å². The Morgan fingerprint density at radius 1 is 0.935 bits per heavy atom. The highest BCUT2D eigenvalue weighted by molar-refractivity contribution is 9.10. The molecule has 156 valence electrons. The standard InChI is InChI=1S/C23H14BrF3N2O2/c24-15-11-9-14(10-12-15)20-13-28-22(31-20)17-6-2-1-5-16(17)21(30)29-19-8-4-3-7-18(19)23(25,26)27/h1-13H,(H,29,30). The number of nitrogens with one attached hydrogen (secondary N) is 1. The molecule has 0 aliphatic rings. The summed E-state index contributed by atoms with van der Waals surface area (Å²) in [7, 11) is 0. The van der Waals surface area contributed by atoms with Gasteiger partial charge in [-0.15, -0.1) is 0 Å². The van der Waals surface area contributed by atoms with E-state index in [0.717, 1.165) is 16.1 Å². The molecule has 0 aliphatic carbocycles. The van der Waals surface area contributed by atoms with Gasteiger partial charge in [0.1, 0.15) is 0 Å². The lowest BCUT2D eigenvalue weighted by atomic mass is 10.1. The fourth-order valence-electron chi connectivity index (χ4n) is 3.04. The molecular weight excluding hydrogens is 473 g/mol. The molecule has 1 aromatic heterocycles. The number of carbonyl (C=O) groups is 1. The zero-order valence-electron chi connectivity index (χ0n) is 15.8. The van der Waals surface area contributed by atoms with Gasteiger partial charge >= 0.3 is 6.18 Å². The first kappa shape index (κ1) is 20.9. The maximum Gasteiger partial charge on any atom is 0.418 e. The van der Waals surface area contributed by atoms with E-state index in [9.17, 15) is 18.0 Å². The molecule has 0 bridgehead atoms. The Morgan fingerprint density at radius 2 is 1.61 bits per heavy atom. The van der Waals surface area contributed by atoms with Crippen molar-refractivity contribution in [1.82, 2.24) is 4.98 Å². The second-order valence-corrected chi connectivity index (χ2v) is 7.50. The SMILES string of the molecule is O=C(Nc1ccccc1C(F)(F)F)c1ccccc1-c1ncc(-c2ccc(Br)cc2)o1. The van der Waals surface area contributed by atoms with E-state index < -0.39 is 17.6 Å². The van der Waals surface area contributed by atoms with Crippen molar-refractivity contribution in [1.29, 1.82) is 0 Å². The third-order valence-corrected chi connectivity index (χ3v) is 5.05. The summed E-state index contributed by atoms with van der Waals surface area (Å²) < 4.78 is 46.5. The highest BCUT2D eigenvalue weighted by Crippen LogP contribution is 2.35. The molecule has 0 unspecified atom stereocenters. The Labute approximate surface area is 183 Å². The normalized spacial score (nSPS) is 11.4. The highest BCUT2D eigenvalue weighted by atomic mass is 79.9. The van der Waals surface area contributed by atoms with Gasteiger partial charge in [0.2, 0.25) is 5.89 Å². The van der Waals surface area contributed by atoms with Crippen LogP contribution in [-0.2, 0) is 6.18 Å². The number of rotatable bonds is 4. The maximum absolute atomic E-state index is 13.3. The number of hydrogen-bond acceptors (Lipinski definition) is 3. The first-order valence-corrected chi connectivity index (χ1v) is 9.91. The molecule has 0 saturated heterocycles. The van der Waals surface area contributed by atoms with Crippen molar-refractivity contribution in [3.63, 3.8) is 0 Å². The van der Waals surface area contributed by atoms with Crippen LogP contribution in [0.5, 0.6) is 0 Å². The van der Waals surface area contributed by atoms with Gasteiger partial charge in [0, 0.05) is 15.6 Å². The average Bonchev–Trinajstić information content (AvgIpc) is 3.24. The summed E-state index contributed by atoms with van der Waals surface area (Å²) in [6.45, 7) is 0. The van der Waals surface area contributed by atoms with Crippen LogP contribution in [0.4, 0.5) is 18.9 Å². The zero-order chi connectivity index (χ0) is 22.0. The molecule has 1 N–H and O–H groups in total. The molecule has 4 nitrogen and oxygen atoms in total. The molecular formula is C23H14BrF3N2O2. The molecule has 3 aromatic carbocycles. The van der Waals surface area contributed by atoms with Crippen LogP contribution < -0.4 is 5.32 Å². The van der Waals surface area contributed by atoms with Gasteiger partial charge in [-0.05, 0) is 36.4 Å². The van der Waals surface area contributed by atoms with Gasteiger partial charge in [-0.1, -0.05) is 52.3 Å². The minimum Gasteiger partial charge on any atom is -0.436 e. The van der Waals surface area contributed by atoms with Crippen LogP contribution in [0.2, 0.25) is 0 Å². The number of alkyl halides is 3. The van der Waals surface area contributed by atoms with Gasteiger partial charge in [0.15, 0.2) is 5.76 Å². The predicted octanol–water partition coefficient (Wildman–Crippen LogP) is 7.04. The Morgan fingerprint density at radius 3 is 2.35 bits per heavy atom. The largest absolute Gasteiger partial charge is 0.436 e. The summed E-state index contributed by atoms with van der Waals surface area (Å²) in [5.41, 5.74) is 0.0618. The molecule has 0 saturated carbocycles. The van der Waals surface area contributed by atoms with Crippen LogP contribution in [0.25, 0.3) is 22.8 Å². The first-order valence-electron chi connectivity index (χ1n) is 9.11. The van der Waals surface area contributed by atoms with Gasteiger partial charge in [-0.3, -0.25) is 4.79 Å². The molecule has 31 heavy (non-hydrogen) atoms. The van der Waals surface area contributed by atoms with Crippen LogP contribution in [0.3, 0.4) is 0 Å². The molecule has 4 aromatic rings. The smallest absolute Gasteiger partial charge is 0.418 e. The van der Waals surface area contributed by atoms with E-state index in [4.69, 9.17) is 4.42 Å². The minimum absolute atomic E-state index is 0.142. The summed E-state index contributed by atoms with van der Waals surface area (Å²) in [5, 5.41) is 2.35. The number of benzene rings is 3. The van der Waals surface area contributed by atoms with Crippen molar-refractivity contribution in [2.75, 3.05) is 5.32 Å². The molecule has 0 spiro atoms. The quantitative estimate of drug-likeness (QED) is 0.336. The lowest BCUT2D eigenvalue weighted by Crippen LogP contribution is -2.17. The van der Waals surface area contributed by atoms with Crippen LogP contribution >= 0.6 is 15.9 Å². The average molecular weight is 487 g/mol. The fourth-order valence-corrected chi connectivity index (χ4v) is 3.31. The third kappa shape index (κ3) is 4.54. The molecule has 8 heteroatoms. The summed E-state index contributed by atoms with van der Waals surface area (Å²) in [6, 6.07) is 18.7. The minimum atomic E-state index is -4.59. The summed E-state index contributed by atoms with van der Waals surface area (Å²) in [6.07, 6.45) is -3.06. The lowest BCUT2D eigenvalue weighted by Gasteiger charge is -2.14. The van der Waals surface area contributed by atoms with E-state index in [2.05, 4.69) is 26.2 Å². The topological polar surface area (TPSA) is 55.1 Å². The molecule has 0 aliphatic heterocycles. The monoisotopic (exact) mass is 486 g/mol. The number of hydrogen-bond donors (Lipinski definition) is 1. The first-order chi connectivity index (χ1) is 14.8. The summed E-state index contributed by atoms with van der Waals surface area (Å²) in [4.78, 5) is 17.1. The van der Waals surface area contributed by atoms with Gasteiger partial charge in [0.25, 0.3) is 5.91 Å². The summed E-state index contributed by atoms with van der Waals surface area (Å²) in [5.74, 6) is -0.0106. The summed E-state index contributed by atoms with van der Waals surface area (Å²) >= 11 is 3.37. The number of nitrogens with zero attached hydrogens (tertiary/aromatic N) is 1. The number of carbonyl (C=O) groups excluding carboxylic acids is 1. The maximum atomic E-state index is 13.3. The zero-order valence-corrected chi connectivity index (χ0v) is 17.4. The third-order valence-electron chi connectivity index (χ3n) is 4.52. The van der Waals surface area contributed by atoms with Crippen molar-refractivity contribution in [3.05, 3.63) is 94.6 Å². The number of amides is 1. The number of halogens is 4. The fraction of sp³-hybridized carbons (Fsp3) is 0.0435. The predicted molar refractivity (Wildman–Crippen MR) is 114 cm³/mol. The Bertz CT molecular complexity index is 1230. The van der Waals surface area contributed by atoms with Gasteiger partial charge in [0.05, 0.1) is 23.0 Å². The molecule has 0 radical (unpaired) electrons. The number of para-hydroxylation sites is 1. The number of aromatic nitrogens is 1. The van der Waals surface area contributed by atoms with E-state index in [-0.39, 0.29) is 17.1 Å². The van der Waals surface area contributed by atoms with Crippen molar-refractivity contribution in [2.45, 2.75) is 6.18 Å². The van der Waals surface area contributed by atoms with Crippen molar-refractivity contribution in [3.8, 4) is 22.8 Å². The molecule has 1 amide bonds. The molecule has 1 heterocycles. The van der Waals surface area contributed by atoms with Gasteiger partial charge in [-0.25, -0.2) is 4.98 Å². The van der Waals surface area contributed by atoms with Crippen molar-refractivity contribution < 1.29 is 22.4 Å². The van der Waals surface area contributed by atoms with Crippen molar-refractivity contribution >= 4 is 27.5 Å². The van der Waals surface area contributed by atoms with E-state index in [1.165, 1.54) is 30.5 Å². The van der Waals surface area contributed by atoms with E-state index in [1.807, 2.05) is 24.3 Å². The van der Waals surface area contributed by atoms with Crippen LogP contribution in [0, 0.1) is 0 Å². The van der Waals surface area contributed by atoms with Crippen molar-refractivity contribution in [2.24, 2.45) is 0 Å². The van der Waals surface area contributed by atoms with Crippen LogP contribution in [0.15, 0.2) is 87.9 Å². The second-order valence-electron chi connectivity index (χ2n) is 6.58. The molecule has 0 atom stereocenters. The highest BCUT2D eigenvalue weighted by Gasteiger charge is 2.33. The van der Waals surface area contributed by atoms with Crippen LogP contribution in [0.1, 0.15) is 15.9 Å². The Kier molecular flexibility index (Phi) is 5.65. The van der Waals surface area contributed by atoms with Crippen LogP contribution in [-0.4, -0.2) is 10.9 Å². The van der Waals surface area contributed by atoms with Gasteiger partial charge < -0.3 is 9.73 Å². The van der Waals surface area contributed by atoms with E-state index >= 15 is 0 Å². The second kappa shape index (κ2) is 8.39. The number of anilines is 1.